The second kappa shape index (κ2) is 5.46. The first-order chi connectivity index (χ1) is 10.1. The van der Waals surface area contributed by atoms with Gasteiger partial charge in [-0.05, 0) is 23.8 Å². The summed E-state index contributed by atoms with van der Waals surface area (Å²) in [5.41, 5.74) is 8.41. The number of rotatable bonds is 4. The molecule has 0 saturated carbocycles. The fraction of sp³-hybridized carbons (Fsp3) is 0.0667. The SMILES string of the molecule is NC(=O)c1cnc(Cl)cc1NCc1cccc2[nH]ccc12. The van der Waals surface area contributed by atoms with Crippen molar-refractivity contribution in [2.75, 3.05) is 5.32 Å². The van der Waals surface area contributed by atoms with Gasteiger partial charge < -0.3 is 16.0 Å². The summed E-state index contributed by atoms with van der Waals surface area (Å²) in [6, 6.07) is 9.62. The number of H-pyrrole nitrogens is 1. The molecule has 0 aliphatic heterocycles. The van der Waals surface area contributed by atoms with Gasteiger partial charge >= 0.3 is 0 Å². The van der Waals surface area contributed by atoms with E-state index >= 15 is 0 Å². The van der Waals surface area contributed by atoms with E-state index in [4.69, 9.17) is 17.3 Å². The van der Waals surface area contributed by atoms with Gasteiger partial charge in [0, 0.05) is 29.8 Å². The molecule has 0 aliphatic rings. The molecule has 0 aliphatic carbocycles. The van der Waals surface area contributed by atoms with Gasteiger partial charge in [-0.25, -0.2) is 4.98 Å². The number of amides is 1. The minimum absolute atomic E-state index is 0.308. The van der Waals surface area contributed by atoms with Gasteiger partial charge in [0.25, 0.3) is 5.91 Å². The van der Waals surface area contributed by atoms with Gasteiger partial charge in [-0.15, -0.1) is 0 Å². The molecule has 1 aromatic carbocycles. The molecule has 0 unspecified atom stereocenters. The molecule has 0 bridgehead atoms. The van der Waals surface area contributed by atoms with Crippen LogP contribution in [-0.4, -0.2) is 15.9 Å². The van der Waals surface area contributed by atoms with E-state index < -0.39 is 5.91 Å². The summed E-state index contributed by atoms with van der Waals surface area (Å²) in [4.78, 5) is 18.5. The number of aromatic nitrogens is 2. The summed E-state index contributed by atoms with van der Waals surface area (Å²) in [5, 5.41) is 4.63. The van der Waals surface area contributed by atoms with E-state index in [9.17, 15) is 4.79 Å². The van der Waals surface area contributed by atoms with Gasteiger partial charge in [0.15, 0.2) is 0 Å². The molecule has 21 heavy (non-hydrogen) atoms. The molecule has 0 atom stereocenters. The van der Waals surface area contributed by atoms with Crippen LogP contribution < -0.4 is 11.1 Å². The molecule has 2 aromatic heterocycles. The van der Waals surface area contributed by atoms with Gasteiger partial charge in [-0.3, -0.25) is 4.79 Å². The maximum atomic E-state index is 11.4. The van der Waals surface area contributed by atoms with Crippen molar-refractivity contribution in [2.45, 2.75) is 6.54 Å². The molecule has 0 spiro atoms. The Balaban J connectivity index is 1.90. The van der Waals surface area contributed by atoms with Crippen LogP contribution in [0.1, 0.15) is 15.9 Å². The Morgan fingerprint density at radius 3 is 3.05 bits per heavy atom. The predicted molar refractivity (Wildman–Crippen MR) is 83.4 cm³/mol. The zero-order chi connectivity index (χ0) is 14.8. The number of benzene rings is 1. The predicted octanol–water partition coefficient (Wildman–Crippen LogP) is 2.93. The van der Waals surface area contributed by atoms with Gasteiger partial charge in [0.1, 0.15) is 5.15 Å². The molecule has 1 amide bonds. The molecular formula is C15H13ClN4O. The van der Waals surface area contributed by atoms with E-state index in [1.807, 2.05) is 30.5 Å². The third-order valence-electron chi connectivity index (χ3n) is 3.29. The number of anilines is 1. The number of nitrogens with zero attached hydrogens (tertiary/aromatic N) is 1. The van der Waals surface area contributed by atoms with Crippen LogP contribution in [0, 0.1) is 0 Å². The molecule has 106 valence electrons. The zero-order valence-electron chi connectivity index (χ0n) is 11.1. The number of aromatic amines is 1. The van der Waals surface area contributed by atoms with Crippen LogP contribution in [0.3, 0.4) is 0 Å². The van der Waals surface area contributed by atoms with Gasteiger partial charge in [-0.2, -0.15) is 0 Å². The van der Waals surface area contributed by atoms with Crippen molar-refractivity contribution in [3.05, 3.63) is 59.0 Å². The normalized spacial score (nSPS) is 10.7. The molecule has 0 fully saturated rings. The van der Waals surface area contributed by atoms with Crippen molar-refractivity contribution in [1.82, 2.24) is 9.97 Å². The summed E-state index contributed by atoms with van der Waals surface area (Å²) < 4.78 is 0. The highest BCUT2D eigenvalue weighted by molar-refractivity contribution is 6.29. The molecule has 5 nitrogen and oxygen atoms in total. The highest BCUT2D eigenvalue weighted by Crippen LogP contribution is 2.22. The number of nitrogens with two attached hydrogens (primary N) is 1. The third kappa shape index (κ3) is 2.68. The molecule has 3 rings (SSSR count). The Morgan fingerprint density at radius 1 is 1.38 bits per heavy atom. The number of hydrogen-bond donors (Lipinski definition) is 3. The first-order valence-electron chi connectivity index (χ1n) is 6.39. The lowest BCUT2D eigenvalue weighted by molar-refractivity contribution is 0.100. The molecule has 0 saturated heterocycles. The van der Waals surface area contributed by atoms with Crippen LogP contribution in [0.5, 0.6) is 0 Å². The van der Waals surface area contributed by atoms with Crippen LogP contribution >= 0.6 is 11.6 Å². The maximum Gasteiger partial charge on any atom is 0.252 e. The number of fused-ring (bicyclic) bond motifs is 1. The summed E-state index contributed by atoms with van der Waals surface area (Å²) in [7, 11) is 0. The molecular weight excluding hydrogens is 288 g/mol. The highest BCUT2D eigenvalue weighted by atomic mass is 35.5. The van der Waals surface area contributed by atoms with Crippen LogP contribution in [0.25, 0.3) is 10.9 Å². The second-order valence-corrected chi connectivity index (χ2v) is 5.01. The monoisotopic (exact) mass is 300 g/mol. The molecule has 2 heterocycles. The van der Waals surface area contributed by atoms with Crippen LogP contribution in [0.4, 0.5) is 5.69 Å². The largest absolute Gasteiger partial charge is 0.380 e. The maximum absolute atomic E-state index is 11.4. The summed E-state index contributed by atoms with van der Waals surface area (Å²) in [6.45, 7) is 0.551. The van der Waals surface area contributed by atoms with Gasteiger partial charge in [-0.1, -0.05) is 23.7 Å². The molecule has 6 heteroatoms. The fourth-order valence-electron chi connectivity index (χ4n) is 2.27. The van der Waals surface area contributed by atoms with Crippen molar-refractivity contribution < 1.29 is 4.79 Å². The number of hydrogen-bond acceptors (Lipinski definition) is 3. The summed E-state index contributed by atoms with van der Waals surface area (Å²) >= 11 is 5.87. The topological polar surface area (TPSA) is 83.8 Å². The number of nitrogens with one attached hydrogen (secondary N) is 2. The summed E-state index contributed by atoms with van der Waals surface area (Å²) in [6.07, 6.45) is 3.27. The van der Waals surface area contributed by atoms with Crippen LogP contribution in [0.15, 0.2) is 42.7 Å². The van der Waals surface area contributed by atoms with Crippen LogP contribution in [0.2, 0.25) is 5.15 Å². The van der Waals surface area contributed by atoms with Gasteiger partial charge in [0.05, 0.1) is 11.3 Å². The third-order valence-corrected chi connectivity index (χ3v) is 3.50. The molecule has 3 aromatic rings. The van der Waals surface area contributed by atoms with E-state index in [1.54, 1.807) is 6.07 Å². The van der Waals surface area contributed by atoms with E-state index in [1.165, 1.54) is 6.20 Å². The zero-order valence-corrected chi connectivity index (χ0v) is 11.8. The van der Waals surface area contributed by atoms with E-state index in [-0.39, 0.29) is 0 Å². The highest BCUT2D eigenvalue weighted by Gasteiger charge is 2.10. The number of primary amides is 1. The lowest BCUT2D eigenvalue weighted by atomic mass is 10.1. The Kier molecular flexibility index (Phi) is 3.50. The Labute approximate surface area is 126 Å². The van der Waals surface area contributed by atoms with E-state index in [0.29, 0.717) is 22.9 Å². The summed E-state index contributed by atoms with van der Waals surface area (Å²) in [5.74, 6) is -0.540. The molecule has 0 radical (unpaired) electrons. The molecule has 4 N–H and O–H groups in total. The average Bonchev–Trinajstić information content (AvgIpc) is 2.93. The van der Waals surface area contributed by atoms with Crippen molar-refractivity contribution in [3.63, 3.8) is 0 Å². The number of carbonyl (C=O) groups is 1. The lowest BCUT2D eigenvalue weighted by Crippen LogP contribution is -2.15. The fourth-order valence-corrected chi connectivity index (χ4v) is 2.43. The Morgan fingerprint density at radius 2 is 2.24 bits per heavy atom. The van der Waals surface area contributed by atoms with Crippen molar-refractivity contribution in [1.29, 1.82) is 0 Å². The minimum Gasteiger partial charge on any atom is -0.380 e. The van der Waals surface area contributed by atoms with Crippen molar-refractivity contribution >= 4 is 34.1 Å². The van der Waals surface area contributed by atoms with Gasteiger partial charge in [0.2, 0.25) is 0 Å². The average molecular weight is 301 g/mol. The smallest absolute Gasteiger partial charge is 0.252 e. The van der Waals surface area contributed by atoms with Crippen molar-refractivity contribution in [2.24, 2.45) is 5.73 Å². The second-order valence-electron chi connectivity index (χ2n) is 4.63. The Hall–Kier alpha value is -2.53. The van der Waals surface area contributed by atoms with E-state index in [2.05, 4.69) is 15.3 Å². The first-order valence-corrected chi connectivity index (χ1v) is 6.77. The Bertz CT molecular complexity index is 812. The first kappa shape index (κ1) is 13.5. The minimum atomic E-state index is -0.540. The quantitative estimate of drug-likeness (QED) is 0.648. The standard InChI is InChI=1S/C15H13ClN4O/c16-14-6-13(11(8-20-14)15(17)21)19-7-9-2-1-3-12-10(9)4-5-18-12/h1-6,8,18H,7H2,(H2,17,21)(H,19,20). The van der Waals surface area contributed by atoms with E-state index in [0.717, 1.165) is 16.5 Å². The number of halogens is 1. The lowest BCUT2D eigenvalue weighted by Gasteiger charge is -2.11. The van der Waals surface area contributed by atoms with Crippen LogP contribution in [-0.2, 0) is 6.54 Å². The number of carbonyl (C=O) groups excluding carboxylic acids is 1. The number of pyridine rings is 1. The van der Waals surface area contributed by atoms with Crippen molar-refractivity contribution in [3.8, 4) is 0 Å².